The van der Waals surface area contributed by atoms with Crippen LogP contribution < -0.4 is 5.32 Å². The summed E-state index contributed by atoms with van der Waals surface area (Å²) >= 11 is 0. The summed E-state index contributed by atoms with van der Waals surface area (Å²) in [6.45, 7) is 8.69. The number of amides is 2. The second kappa shape index (κ2) is 9.22. The third kappa shape index (κ3) is 4.91. The van der Waals surface area contributed by atoms with Crippen LogP contribution in [0.5, 0.6) is 0 Å². The van der Waals surface area contributed by atoms with Gasteiger partial charge in [-0.2, -0.15) is 0 Å². The summed E-state index contributed by atoms with van der Waals surface area (Å²) in [5, 5.41) is 2.95. The first-order chi connectivity index (χ1) is 13.5. The SMILES string of the molecule is CC1CCN(C(=O)Cn2c(CCCNC(=O)C(C)C)nc3ccccc32)CC1. The van der Waals surface area contributed by atoms with Gasteiger partial charge in [-0.25, -0.2) is 4.98 Å². The average Bonchev–Trinajstić information content (AvgIpc) is 3.03. The zero-order chi connectivity index (χ0) is 20.1. The van der Waals surface area contributed by atoms with Gasteiger partial charge in [0.25, 0.3) is 0 Å². The maximum atomic E-state index is 12.9. The van der Waals surface area contributed by atoms with Crippen LogP contribution in [0.2, 0.25) is 0 Å². The molecule has 1 aromatic heterocycles. The van der Waals surface area contributed by atoms with E-state index in [1.165, 1.54) is 0 Å². The summed E-state index contributed by atoms with van der Waals surface area (Å²) in [6.07, 6.45) is 3.70. The number of carbonyl (C=O) groups is 2. The summed E-state index contributed by atoms with van der Waals surface area (Å²) in [5.41, 5.74) is 1.92. The Bertz CT molecular complexity index is 819. The minimum Gasteiger partial charge on any atom is -0.356 e. The van der Waals surface area contributed by atoms with Crippen LogP contribution in [0, 0.1) is 11.8 Å². The molecule has 0 spiro atoms. The van der Waals surface area contributed by atoms with Gasteiger partial charge in [-0.1, -0.05) is 32.9 Å². The van der Waals surface area contributed by atoms with Gasteiger partial charge < -0.3 is 14.8 Å². The molecule has 0 radical (unpaired) electrons. The molecule has 152 valence electrons. The van der Waals surface area contributed by atoms with Gasteiger partial charge in [0, 0.05) is 32.0 Å². The minimum atomic E-state index is -0.00513. The first-order valence-electron chi connectivity index (χ1n) is 10.5. The molecular formula is C22H32N4O2. The van der Waals surface area contributed by atoms with E-state index in [1.54, 1.807) is 0 Å². The fraction of sp³-hybridized carbons (Fsp3) is 0.591. The minimum absolute atomic E-state index is 0.00513. The van der Waals surface area contributed by atoms with Crippen LogP contribution in [0.25, 0.3) is 11.0 Å². The van der Waals surface area contributed by atoms with E-state index in [9.17, 15) is 9.59 Å². The predicted molar refractivity (Wildman–Crippen MR) is 111 cm³/mol. The Balaban J connectivity index is 1.68. The first kappa shape index (κ1) is 20.4. The van der Waals surface area contributed by atoms with Crippen molar-refractivity contribution in [2.45, 2.75) is 53.0 Å². The molecule has 1 fully saturated rings. The third-order valence-corrected chi connectivity index (χ3v) is 5.56. The van der Waals surface area contributed by atoms with E-state index in [4.69, 9.17) is 4.98 Å². The van der Waals surface area contributed by atoms with Crippen LogP contribution >= 0.6 is 0 Å². The highest BCUT2D eigenvalue weighted by atomic mass is 16.2. The number of nitrogens with one attached hydrogen (secondary N) is 1. The number of likely N-dealkylation sites (tertiary alicyclic amines) is 1. The third-order valence-electron chi connectivity index (χ3n) is 5.56. The number of piperidine rings is 1. The van der Waals surface area contributed by atoms with Crippen LogP contribution in [0.3, 0.4) is 0 Å². The number of carbonyl (C=O) groups excluding carboxylic acids is 2. The molecule has 0 aliphatic carbocycles. The molecule has 6 nitrogen and oxygen atoms in total. The second-order valence-corrected chi connectivity index (χ2v) is 8.22. The standard InChI is InChI=1S/C22H32N4O2/c1-16(2)22(28)23-12-6-9-20-24-18-7-4-5-8-19(18)26(20)15-21(27)25-13-10-17(3)11-14-25/h4-5,7-8,16-17H,6,9-15H2,1-3H3,(H,23,28). The number of imidazole rings is 1. The molecule has 2 heterocycles. The summed E-state index contributed by atoms with van der Waals surface area (Å²) in [5.74, 6) is 1.86. The molecule has 0 atom stereocenters. The smallest absolute Gasteiger partial charge is 0.242 e. The van der Waals surface area contributed by atoms with Gasteiger partial charge >= 0.3 is 0 Å². The molecule has 1 saturated heterocycles. The molecule has 0 saturated carbocycles. The summed E-state index contributed by atoms with van der Waals surface area (Å²) < 4.78 is 2.06. The Morgan fingerprint density at radius 1 is 1.21 bits per heavy atom. The lowest BCUT2D eigenvalue weighted by molar-refractivity contribution is -0.133. The zero-order valence-corrected chi connectivity index (χ0v) is 17.3. The van der Waals surface area contributed by atoms with Crippen molar-refractivity contribution in [3.63, 3.8) is 0 Å². The van der Waals surface area contributed by atoms with Crippen LogP contribution in [-0.4, -0.2) is 45.9 Å². The fourth-order valence-electron chi connectivity index (χ4n) is 3.65. The van der Waals surface area contributed by atoms with Crippen LogP contribution in [0.15, 0.2) is 24.3 Å². The maximum absolute atomic E-state index is 12.9. The lowest BCUT2D eigenvalue weighted by atomic mass is 9.99. The van der Waals surface area contributed by atoms with Crippen molar-refractivity contribution in [1.82, 2.24) is 19.8 Å². The summed E-state index contributed by atoms with van der Waals surface area (Å²) in [7, 11) is 0. The highest BCUT2D eigenvalue weighted by molar-refractivity contribution is 5.81. The molecule has 1 aliphatic rings. The summed E-state index contributed by atoms with van der Waals surface area (Å²) in [6, 6.07) is 7.97. The van der Waals surface area contributed by atoms with Crippen LogP contribution in [0.4, 0.5) is 0 Å². The second-order valence-electron chi connectivity index (χ2n) is 8.22. The predicted octanol–water partition coefficient (Wildman–Crippen LogP) is 3.00. The molecule has 2 amide bonds. The van der Waals surface area contributed by atoms with Crippen molar-refractivity contribution in [1.29, 1.82) is 0 Å². The van der Waals surface area contributed by atoms with E-state index in [0.717, 1.165) is 55.6 Å². The maximum Gasteiger partial charge on any atom is 0.242 e. The van der Waals surface area contributed by atoms with Crippen molar-refractivity contribution in [2.24, 2.45) is 11.8 Å². The van der Waals surface area contributed by atoms with Gasteiger partial charge in [-0.05, 0) is 37.3 Å². The van der Waals surface area contributed by atoms with Gasteiger partial charge in [0.05, 0.1) is 11.0 Å². The monoisotopic (exact) mass is 384 g/mol. The Labute approximate surface area is 167 Å². The fourth-order valence-corrected chi connectivity index (χ4v) is 3.65. The van der Waals surface area contributed by atoms with Gasteiger partial charge in [0.15, 0.2) is 0 Å². The molecule has 2 aromatic rings. The molecule has 0 bridgehead atoms. The molecule has 0 unspecified atom stereocenters. The largest absolute Gasteiger partial charge is 0.356 e. The number of rotatable bonds is 7. The number of para-hydroxylation sites is 2. The van der Waals surface area contributed by atoms with Crippen molar-refractivity contribution >= 4 is 22.8 Å². The van der Waals surface area contributed by atoms with E-state index >= 15 is 0 Å². The quantitative estimate of drug-likeness (QED) is 0.746. The number of nitrogens with zero attached hydrogens (tertiary/aromatic N) is 3. The first-order valence-corrected chi connectivity index (χ1v) is 10.5. The van der Waals surface area contributed by atoms with Gasteiger partial charge in [-0.3, -0.25) is 9.59 Å². The number of benzene rings is 1. The topological polar surface area (TPSA) is 67.2 Å². The number of fused-ring (bicyclic) bond motifs is 1. The van der Waals surface area contributed by atoms with E-state index in [0.29, 0.717) is 19.0 Å². The van der Waals surface area contributed by atoms with Gasteiger partial charge in [0.2, 0.25) is 11.8 Å². The Kier molecular flexibility index (Phi) is 6.70. The highest BCUT2D eigenvalue weighted by Crippen LogP contribution is 2.20. The number of hydrogen-bond acceptors (Lipinski definition) is 3. The molecular weight excluding hydrogens is 352 g/mol. The summed E-state index contributed by atoms with van der Waals surface area (Å²) in [4.78, 5) is 31.3. The molecule has 1 aromatic carbocycles. The van der Waals surface area contributed by atoms with E-state index in [1.807, 2.05) is 43.0 Å². The van der Waals surface area contributed by atoms with E-state index < -0.39 is 0 Å². The Morgan fingerprint density at radius 2 is 1.93 bits per heavy atom. The van der Waals surface area contributed by atoms with Crippen molar-refractivity contribution in [2.75, 3.05) is 19.6 Å². The zero-order valence-electron chi connectivity index (χ0n) is 17.3. The number of aromatic nitrogens is 2. The Hall–Kier alpha value is -2.37. The van der Waals surface area contributed by atoms with Crippen molar-refractivity contribution in [3.05, 3.63) is 30.1 Å². The number of hydrogen-bond donors (Lipinski definition) is 1. The van der Waals surface area contributed by atoms with Crippen LogP contribution in [0.1, 0.15) is 45.9 Å². The normalized spacial score (nSPS) is 15.4. The number of aryl methyl sites for hydroxylation is 1. The highest BCUT2D eigenvalue weighted by Gasteiger charge is 2.22. The van der Waals surface area contributed by atoms with Crippen molar-refractivity contribution < 1.29 is 9.59 Å². The molecule has 1 N–H and O–H groups in total. The van der Waals surface area contributed by atoms with E-state index in [2.05, 4.69) is 16.8 Å². The average molecular weight is 385 g/mol. The lowest BCUT2D eigenvalue weighted by Gasteiger charge is -2.30. The molecule has 1 aliphatic heterocycles. The van der Waals surface area contributed by atoms with Gasteiger partial charge in [-0.15, -0.1) is 0 Å². The van der Waals surface area contributed by atoms with Gasteiger partial charge in [0.1, 0.15) is 12.4 Å². The molecule has 6 heteroatoms. The molecule has 3 rings (SSSR count). The lowest BCUT2D eigenvalue weighted by Crippen LogP contribution is -2.40. The van der Waals surface area contributed by atoms with Crippen LogP contribution in [-0.2, 0) is 22.6 Å². The molecule has 28 heavy (non-hydrogen) atoms. The Morgan fingerprint density at radius 3 is 2.64 bits per heavy atom. The van der Waals surface area contributed by atoms with E-state index in [-0.39, 0.29) is 17.7 Å². The van der Waals surface area contributed by atoms with Crippen molar-refractivity contribution in [3.8, 4) is 0 Å².